The van der Waals surface area contributed by atoms with Crippen molar-refractivity contribution in [3.05, 3.63) is 35.7 Å². The number of aliphatic hydroxyl groups is 1. The summed E-state index contributed by atoms with van der Waals surface area (Å²) in [6, 6.07) is 6.66. The fourth-order valence-corrected chi connectivity index (χ4v) is 1.72. The number of amides is 1. The number of aliphatic hydroxyl groups excluding tert-OH is 1. The summed E-state index contributed by atoms with van der Waals surface area (Å²) < 4.78 is 5.06. The average molecular weight is 275 g/mol. The first-order valence-electron chi connectivity index (χ1n) is 6.46. The molecule has 2 aromatic rings. The van der Waals surface area contributed by atoms with Crippen LogP contribution in [-0.4, -0.2) is 33.8 Å². The first-order chi connectivity index (χ1) is 9.63. The third kappa shape index (κ3) is 3.21. The van der Waals surface area contributed by atoms with E-state index in [1.165, 1.54) is 0 Å². The molecule has 1 amide bonds. The van der Waals surface area contributed by atoms with E-state index < -0.39 is 0 Å². The maximum absolute atomic E-state index is 12.0. The lowest BCUT2D eigenvalue weighted by Crippen LogP contribution is -2.36. The normalized spacial score (nSPS) is 12.2. The van der Waals surface area contributed by atoms with Gasteiger partial charge in [0.15, 0.2) is 5.82 Å². The molecule has 2 N–H and O–H groups in total. The Hall–Kier alpha value is -2.21. The first kappa shape index (κ1) is 14.2. The molecule has 0 aliphatic carbocycles. The Bertz CT molecular complexity index is 574. The van der Waals surface area contributed by atoms with E-state index in [2.05, 4.69) is 15.5 Å². The fraction of sp³-hybridized carbons (Fsp3) is 0.357. The second-order valence-corrected chi connectivity index (χ2v) is 4.49. The van der Waals surface area contributed by atoms with Crippen LogP contribution in [0.25, 0.3) is 11.5 Å². The van der Waals surface area contributed by atoms with Crippen LogP contribution in [0, 0.1) is 6.92 Å². The van der Waals surface area contributed by atoms with Gasteiger partial charge in [-0.3, -0.25) is 4.79 Å². The molecule has 0 aliphatic rings. The van der Waals surface area contributed by atoms with Gasteiger partial charge < -0.3 is 14.9 Å². The van der Waals surface area contributed by atoms with E-state index in [4.69, 9.17) is 9.63 Å². The molecular weight excluding hydrogens is 258 g/mol. The number of carbonyl (C=O) groups is 1. The molecule has 0 aliphatic heterocycles. The van der Waals surface area contributed by atoms with Crippen molar-refractivity contribution in [1.29, 1.82) is 0 Å². The van der Waals surface area contributed by atoms with Crippen LogP contribution in [0.5, 0.6) is 0 Å². The van der Waals surface area contributed by atoms with Gasteiger partial charge in [-0.05, 0) is 37.6 Å². The smallest absolute Gasteiger partial charge is 0.257 e. The van der Waals surface area contributed by atoms with Gasteiger partial charge in [0.05, 0.1) is 12.6 Å². The van der Waals surface area contributed by atoms with Crippen LogP contribution < -0.4 is 5.32 Å². The molecule has 106 valence electrons. The monoisotopic (exact) mass is 275 g/mol. The summed E-state index contributed by atoms with van der Waals surface area (Å²) in [6.07, 6.45) is 0.682. The zero-order chi connectivity index (χ0) is 14.5. The number of hydrogen-bond donors (Lipinski definition) is 2. The predicted molar refractivity (Wildman–Crippen MR) is 73.1 cm³/mol. The van der Waals surface area contributed by atoms with E-state index in [0.29, 0.717) is 23.7 Å². The summed E-state index contributed by atoms with van der Waals surface area (Å²) in [6.45, 7) is 3.58. The molecule has 0 fully saturated rings. The molecule has 1 unspecified atom stereocenters. The highest BCUT2D eigenvalue weighted by atomic mass is 16.5. The van der Waals surface area contributed by atoms with Crippen LogP contribution in [0.4, 0.5) is 0 Å². The van der Waals surface area contributed by atoms with Crippen LogP contribution in [0.1, 0.15) is 29.5 Å². The molecule has 6 nitrogen and oxygen atoms in total. The van der Waals surface area contributed by atoms with Crippen LogP contribution in [0.2, 0.25) is 0 Å². The lowest BCUT2D eigenvalue weighted by atomic mass is 10.1. The molecule has 2 rings (SSSR count). The van der Waals surface area contributed by atoms with E-state index in [1.54, 1.807) is 31.2 Å². The largest absolute Gasteiger partial charge is 0.394 e. The Balaban J connectivity index is 2.10. The number of hydrogen-bond acceptors (Lipinski definition) is 5. The highest BCUT2D eigenvalue weighted by molar-refractivity contribution is 5.94. The van der Waals surface area contributed by atoms with Gasteiger partial charge in [-0.1, -0.05) is 12.1 Å². The number of aromatic nitrogens is 2. The SMILES string of the molecule is CCC(CO)NC(=O)c1ccc(-c2nc(C)no2)cc1. The molecule has 1 aromatic heterocycles. The number of aryl methyl sites for hydroxylation is 1. The quantitative estimate of drug-likeness (QED) is 0.864. The molecule has 1 heterocycles. The van der Waals surface area contributed by atoms with Gasteiger partial charge in [0.2, 0.25) is 0 Å². The van der Waals surface area contributed by atoms with Crippen LogP contribution in [0.15, 0.2) is 28.8 Å². The van der Waals surface area contributed by atoms with Crippen molar-refractivity contribution in [2.75, 3.05) is 6.61 Å². The lowest BCUT2D eigenvalue weighted by Gasteiger charge is -2.13. The van der Waals surface area contributed by atoms with Gasteiger partial charge in [0, 0.05) is 11.1 Å². The van der Waals surface area contributed by atoms with Crippen molar-refractivity contribution in [3.63, 3.8) is 0 Å². The van der Waals surface area contributed by atoms with Crippen molar-refractivity contribution in [3.8, 4) is 11.5 Å². The fourth-order valence-electron chi connectivity index (χ4n) is 1.72. The second kappa shape index (κ2) is 6.29. The summed E-state index contributed by atoms with van der Waals surface area (Å²) >= 11 is 0. The predicted octanol–water partition coefficient (Wildman–Crippen LogP) is 1.55. The number of benzene rings is 1. The Labute approximate surface area is 116 Å². The number of rotatable bonds is 5. The van der Waals surface area contributed by atoms with E-state index in [9.17, 15) is 4.79 Å². The van der Waals surface area contributed by atoms with Gasteiger partial charge in [-0.15, -0.1) is 0 Å². The van der Waals surface area contributed by atoms with E-state index in [1.807, 2.05) is 6.92 Å². The first-order valence-corrected chi connectivity index (χ1v) is 6.46. The zero-order valence-corrected chi connectivity index (χ0v) is 11.5. The van der Waals surface area contributed by atoms with E-state index in [0.717, 1.165) is 5.56 Å². The van der Waals surface area contributed by atoms with Gasteiger partial charge in [0.25, 0.3) is 11.8 Å². The van der Waals surface area contributed by atoms with Crippen LogP contribution in [-0.2, 0) is 0 Å². The van der Waals surface area contributed by atoms with Crippen molar-refractivity contribution in [2.24, 2.45) is 0 Å². The summed E-state index contributed by atoms with van der Waals surface area (Å²) in [7, 11) is 0. The molecule has 0 radical (unpaired) electrons. The summed E-state index contributed by atoms with van der Waals surface area (Å²) in [4.78, 5) is 16.1. The summed E-state index contributed by atoms with van der Waals surface area (Å²) in [5.74, 6) is 0.783. The molecule has 0 saturated heterocycles. The van der Waals surface area contributed by atoms with Crippen molar-refractivity contribution >= 4 is 5.91 Å². The standard InChI is InChI=1S/C14H17N3O3/c1-3-12(8-18)16-13(19)10-4-6-11(7-5-10)14-15-9(2)17-20-14/h4-7,12,18H,3,8H2,1-2H3,(H,16,19). The van der Waals surface area contributed by atoms with E-state index >= 15 is 0 Å². The van der Waals surface area contributed by atoms with Crippen molar-refractivity contribution < 1.29 is 14.4 Å². The number of nitrogens with zero attached hydrogens (tertiary/aromatic N) is 2. The summed E-state index contributed by atoms with van der Waals surface area (Å²) in [5, 5.41) is 15.5. The third-order valence-electron chi connectivity index (χ3n) is 2.97. The molecule has 6 heteroatoms. The maximum atomic E-state index is 12.0. The van der Waals surface area contributed by atoms with Crippen LogP contribution >= 0.6 is 0 Å². The highest BCUT2D eigenvalue weighted by Gasteiger charge is 2.12. The Morgan fingerprint density at radius 3 is 2.60 bits per heavy atom. The minimum Gasteiger partial charge on any atom is -0.394 e. The molecule has 0 bridgehead atoms. The van der Waals surface area contributed by atoms with Crippen LogP contribution in [0.3, 0.4) is 0 Å². The topological polar surface area (TPSA) is 88.2 Å². The van der Waals surface area contributed by atoms with Gasteiger partial charge >= 0.3 is 0 Å². The average Bonchev–Trinajstić information content (AvgIpc) is 2.91. The summed E-state index contributed by atoms with van der Waals surface area (Å²) in [5.41, 5.74) is 1.29. The lowest BCUT2D eigenvalue weighted by molar-refractivity contribution is 0.0915. The minimum atomic E-state index is -0.222. The molecule has 1 atom stereocenters. The Kier molecular flexibility index (Phi) is 4.47. The number of carbonyl (C=O) groups excluding carboxylic acids is 1. The van der Waals surface area contributed by atoms with Gasteiger partial charge in [0.1, 0.15) is 0 Å². The zero-order valence-electron chi connectivity index (χ0n) is 11.5. The molecular formula is C14H17N3O3. The third-order valence-corrected chi connectivity index (χ3v) is 2.97. The maximum Gasteiger partial charge on any atom is 0.257 e. The molecule has 0 spiro atoms. The van der Waals surface area contributed by atoms with Gasteiger partial charge in [-0.2, -0.15) is 4.98 Å². The van der Waals surface area contributed by atoms with Gasteiger partial charge in [-0.25, -0.2) is 0 Å². The Morgan fingerprint density at radius 2 is 2.10 bits per heavy atom. The Morgan fingerprint density at radius 1 is 1.40 bits per heavy atom. The molecule has 20 heavy (non-hydrogen) atoms. The minimum absolute atomic E-state index is 0.0679. The van der Waals surface area contributed by atoms with Crippen molar-refractivity contribution in [1.82, 2.24) is 15.5 Å². The molecule has 1 aromatic carbocycles. The molecule has 0 saturated carbocycles. The van der Waals surface area contributed by atoms with E-state index in [-0.39, 0.29) is 18.6 Å². The van der Waals surface area contributed by atoms with Crippen molar-refractivity contribution in [2.45, 2.75) is 26.3 Å². The second-order valence-electron chi connectivity index (χ2n) is 4.49. The highest BCUT2D eigenvalue weighted by Crippen LogP contribution is 2.17. The number of nitrogens with one attached hydrogen (secondary N) is 1.